The molecule has 0 spiro atoms. The first kappa shape index (κ1) is 17.2. The fraction of sp³-hybridized carbons (Fsp3) is 0. The minimum atomic E-state index is -0.637. The van der Waals surface area contributed by atoms with Crippen LogP contribution in [0.15, 0.2) is 114 Å². The van der Waals surface area contributed by atoms with Gasteiger partial charge >= 0.3 is 0 Å². The summed E-state index contributed by atoms with van der Waals surface area (Å²) in [5.74, 6) is 0. The predicted molar refractivity (Wildman–Crippen MR) is 118 cm³/mol. The molecule has 0 unspecified atom stereocenters. The lowest BCUT2D eigenvalue weighted by molar-refractivity contribution is 1.62. The summed E-state index contributed by atoms with van der Waals surface area (Å²) < 4.78 is 1.12. The van der Waals surface area contributed by atoms with Gasteiger partial charge < -0.3 is 0 Å². The topological polar surface area (TPSA) is 0 Å². The standard InChI is InChI=1S/C24H18BrP/c25-20-16-17-23(19-10-4-1-5-11-19)24(18-20)26(21-12-6-2-7-13-21)22-14-8-3-9-15-22/h1-18H. The van der Waals surface area contributed by atoms with Crippen LogP contribution < -0.4 is 15.9 Å². The molecule has 0 heterocycles. The summed E-state index contributed by atoms with van der Waals surface area (Å²) in [5.41, 5.74) is 2.56. The van der Waals surface area contributed by atoms with Crippen molar-refractivity contribution in [2.75, 3.05) is 0 Å². The lowest BCUT2D eigenvalue weighted by Crippen LogP contribution is -2.22. The molecule has 0 aliphatic heterocycles. The second-order valence-electron chi connectivity index (χ2n) is 6.03. The van der Waals surface area contributed by atoms with Gasteiger partial charge in [-0.2, -0.15) is 0 Å². The SMILES string of the molecule is Brc1ccc(-c2ccccc2)c(P(c2ccccc2)c2ccccc2)c1. The third kappa shape index (κ3) is 3.65. The second-order valence-corrected chi connectivity index (χ2v) is 9.14. The van der Waals surface area contributed by atoms with Crippen LogP contribution in [0.3, 0.4) is 0 Å². The van der Waals surface area contributed by atoms with Gasteiger partial charge in [0.05, 0.1) is 0 Å². The van der Waals surface area contributed by atoms with Crippen LogP contribution in [0.4, 0.5) is 0 Å². The summed E-state index contributed by atoms with van der Waals surface area (Å²) in [7, 11) is -0.637. The Morgan fingerprint density at radius 3 is 1.58 bits per heavy atom. The Bertz CT molecular complexity index is 943. The van der Waals surface area contributed by atoms with Crippen LogP contribution in [0.5, 0.6) is 0 Å². The van der Waals surface area contributed by atoms with Crippen LogP contribution in [0.2, 0.25) is 0 Å². The van der Waals surface area contributed by atoms with Gasteiger partial charge in [-0.15, -0.1) is 0 Å². The molecule has 0 aliphatic carbocycles. The Hall–Kier alpha value is -2.21. The maximum Gasteiger partial charge on any atom is 0.0182 e. The summed E-state index contributed by atoms with van der Waals surface area (Å²) in [6.45, 7) is 0. The van der Waals surface area contributed by atoms with Crippen LogP contribution >= 0.6 is 23.9 Å². The molecule has 0 aromatic heterocycles. The molecule has 0 fully saturated rings. The zero-order valence-corrected chi connectivity index (χ0v) is 16.7. The van der Waals surface area contributed by atoms with Crippen molar-refractivity contribution in [3.63, 3.8) is 0 Å². The molecule has 0 radical (unpaired) electrons. The van der Waals surface area contributed by atoms with Crippen molar-refractivity contribution in [2.45, 2.75) is 0 Å². The normalized spacial score (nSPS) is 10.8. The molecule has 0 atom stereocenters. The fourth-order valence-electron chi connectivity index (χ4n) is 3.13. The lowest BCUT2D eigenvalue weighted by Gasteiger charge is -2.23. The maximum absolute atomic E-state index is 3.69. The van der Waals surface area contributed by atoms with Crippen LogP contribution in [0.25, 0.3) is 11.1 Å². The molecule has 0 amide bonds. The van der Waals surface area contributed by atoms with Crippen LogP contribution in [0.1, 0.15) is 0 Å². The summed E-state index contributed by atoms with van der Waals surface area (Å²) in [6.07, 6.45) is 0. The largest absolute Gasteiger partial charge is 0.0622 e. The molecule has 2 heteroatoms. The highest BCUT2D eigenvalue weighted by Crippen LogP contribution is 2.38. The van der Waals surface area contributed by atoms with Crippen molar-refractivity contribution < 1.29 is 0 Å². The Kier molecular flexibility index (Phi) is 5.29. The highest BCUT2D eigenvalue weighted by molar-refractivity contribution is 9.10. The average molecular weight is 417 g/mol. The van der Waals surface area contributed by atoms with E-state index in [-0.39, 0.29) is 0 Å². The van der Waals surface area contributed by atoms with Crippen molar-refractivity contribution in [3.05, 3.63) is 114 Å². The van der Waals surface area contributed by atoms with Crippen LogP contribution in [-0.4, -0.2) is 0 Å². The highest BCUT2D eigenvalue weighted by atomic mass is 79.9. The zero-order valence-electron chi connectivity index (χ0n) is 14.2. The first-order chi connectivity index (χ1) is 12.8. The first-order valence-electron chi connectivity index (χ1n) is 8.58. The van der Waals surface area contributed by atoms with Gasteiger partial charge in [0, 0.05) is 4.47 Å². The second kappa shape index (κ2) is 7.99. The smallest absolute Gasteiger partial charge is 0.0182 e. The number of halogens is 1. The van der Waals surface area contributed by atoms with Crippen molar-refractivity contribution in [3.8, 4) is 11.1 Å². The number of hydrogen-bond acceptors (Lipinski definition) is 0. The lowest BCUT2D eigenvalue weighted by atomic mass is 10.1. The summed E-state index contributed by atoms with van der Waals surface area (Å²) in [4.78, 5) is 0. The molecule has 4 rings (SSSR count). The molecular formula is C24H18BrP. The molecule has 0 nitrogen and oxygen atoms in total. The van der Waals surface area contributed by atoms with Crippen LogP contribution in [0, 0.1) is 0 Å². The van der Waals surface area contributed by atoms with Crippen molar-refractivity contribution in [2.24, 2.45) is 0 Å². The third-order valence-electron chi connectivity index (χ3n) is 4.31. The number of hydrogen-bond donors (Lipinski definition) is 0. The van der Waals surface area contributed by atoms with Gasteiger partial charge in [-0.1, -0.05) is 113 Å². The van der Waals surface area contributed by atoms with E-state index in [4.69, 9.17) is 0 Å². The molecule has 0 N–H and O–H groups in total. The zero-order chi connectivity index (χ0) is 17.8. The molecule has 0 aliphatic rings. The fourth-order valence-corrected chi connectivity index (χ4v) is 6.18. The molecule has 4 aromatic rings. The Labute approximate surface area is 164 Å². The van der Waals surface area contributed by atoms with Gasteiger partial charge in [0.25, 0.3) is 0 Å². The number of rotatable bonds is 4. The van der Waals surface area contributed by atoms with E-state index in [1.807, 2.05) is 0 Å². The van der Waals surface area contributed by atoms with Crippen molar-refractivity contribution in [1.29, 1.82) is 0 Å². The molecule has 126 valence electrons. The summed E-state index contributed by atoms with van der Waals surface area (Å²) >= 11 is 3.69. The Balaban J connectivity index is 1.96. The van der Waals surface area contributed by atoms with E-state index in [1.165, 1.54) is 27.0 Å². The van der Waals surface area contributed by atoms with Crippen LogP contribution in [-0.2, 0) is 0 Å². The van der Waals surface area contributed by atoms with E-state index in [0.29, 0.717) is 0 Å². The average Bonchev–Trinajstić information content (AvgIpc) is 2.71. The van der Waals surface area contributed by atoms with E-state index in [9.17, 15) is 0 Å². The Morgan fingerprint density at radius 1 is 0.538 bits per heavy atom. The third-order valence-corrected chi connectivity index (χ3v) is 7.29. The molecule has 0 bridgehead atoms. The molecule has 0 saturated carbocycles. The monoisotopic (exact) mass is 416 g/mol. The summed E-state index contributed by atoms with van der Waals surface area (Å²) in [6, 6.07) is 39.0. The molecular weight excluding hydrogens is 399 g/mol. The predicted octanol–water partition coefficient (Wildman–Crippen LogP) is 5.87. The van der Waals surface area contributed by atoms with E-state index in [2.05, 4.69) is 125 Å². The van der Waals surface area contributed by atoms with Gasteiger partial charge in [-0.25, -0.2) is 0 Å². The Morgan fingerprint density at radius 2 is 1.04 bits per heavy atom. The molecule has 26 heavy (non-hydrogen) atoms. The van der Waals surface area contributed by atoms with E-state index < -0.39 is 7.92 Å². The minimum absolute atomic E-state index is 0.637. The van der Waals surface area contributed by atoms with E-state index in [0.717, 1.165) is 4.47 Å². The van der Waals surface area contributed by atoms with Gasteiger partial charge in [0.2, 0.25) is 0 Å². The molecule has 0 saturated heterocycles. The van der Waals surface area contributed by atoms with Gasteiger partial charge in [0.15, 0.2) is 0 Å². The summed E-state index contributed by atoms with van der Waals surface area (Å²) in [5, 5.41) is 4.10. The maximum atomic E-state index is 3.69. The highest BCUT2D eigenvalue weighted by Gasteiger charge is 2.20. The quantitative estimate of drug-likeness (QED) is 0.364. The van der Waals surface area contributed by atoms with Gasteiger partial charge in [0.1, 0.15) is 0 Å². The van der Waals surface area contributed by atoms with Gasteiger partial charge in [-0.05, 0) is 47.1 Å². The number of benzene rings is 4. The van der Waals surface area contributed by atoms with Crippen molar-refractivity contribution in [1.82, 2.24) is 0 Å². The van der Waals surface area contributed by atoms with E-state index >= 15 is 0 Å². The minimum Gasteiger partial charge on any atom is -0.0622 e. The van der Waals surface area contributed by atoms with Gasteiger partial charge in [-0.3, -0.25) is 0 Å². The molecule has 4 aromatic carbocycles. The van der Waals surface area contributed by atoms with Crippen molar-refractivity contribution >= 4 is 39.8 Å². The first-order valence-corrected chi connectivity index (χ1v) is 10.7. The van der Waals surface area contributed by atoms with E-state index in [1.54, 1.807) is 0 Å².